The molecular weight excluding hydrogens is 103 g/mol. The zero-order chi connectivity index (χ0) is 4.41. The molecule has 0 aliphatic heterocycles. The third-order valence-corrected chi connectivity index (χ3v) is 0.501. The van der Waals surface area contributed by atoms with E-state index in [1.54, 1.807) is 0 Å². The van der Waals surface area contributed by atoms with Crippen molar-refractivity contribution in [2.75, 3.05) is 0 Å². The highest BCUT2D eigenvalue weighted by molar-refractivity contribution is 6.28. The average molecular weight is 104 g/mol. The Balaban J connectivity index is 3.05. The maximum absolute atomic E-state index is 5.16. The van der Waals surface area contributed by atoms with Crippen molar-refractivity contribution < 1.29 is 4.52 Å². The molecule has 32 valence electrons. The van der Waals surface area contributed by atoms with Crippen LogP contribution in [0.4, 0.5) is 0 Å². The van der Waals surface area contributed by atoms with Gasteiger partial charge in [0, 0.05) is 5.27 Å². The molecule has 0 spiro atoms. The quantitative estimate of drug-likeness (QED) is 0.487. The molecule has 0 saturated carbocycles. The summed E-state index contributed by atoms with van der Waals surface area (Å²) in [4.78, 5) is 0. The first-order chi connectivity index (χ1) is 2.89. The lowest BCUT2D eigenvalue weighted by atomic mass is 11.0. The first kappa shape index (κ1) is 3.61. The van der Waals surface area contributed by atoms with Gasteiger partial charge in [-0.25, -0.2) is 0 Å². The van der Waals surface area contributed by atoms with Crippen LogP contribution in [0.15, 0.2) is 10.7 Å². The lowest BCUT2D eigenvalue weighted by molar-refractivity contribution is 0.394. The van der Waals surface area contributed by atoms with Crippen LogP contribution in [0.25, 0.3) is 0 Å². The van der Waals surface area contributed by atoms with E-state index >= 15 is 0 Å². The third kappa shape index (κ3) is 0.490. The van der Waals surface area contributed by atoms with Crippen molar-refractivity contribution in [3.05, 3.63) is 11.4 Å². The minimum Gasteiger partial charge on any atom is -0.325 e. The molecule has 3 nitrogen and oxygen atoms in total. The normalized spacial score (nSPS) is 8.83. The van der Waals surface area contributed by atoms with Gasteiger partial charge in [-0.1, -0.05) is 0 Å². The Bertz CT molecular complexity index is 115. The highest BCUT2D eigenvalue weighted by Gasteiger charge is 1.83. The fraction of sp³-hybridized carbons (Fsp3) is 0. The second-order valence-electron chi connectivity index (χ2n) is 0.722. The predicted octanol–water partition coefficient (Wildman–Crippen LogP) is 0.723. The van der Waals surface area contributed by atoms with Gasteiger partial charge in [-0.05, 0) is 11.6 Å². The zero-order valence-corrected chi connectivity index (χ0v) is 3.51. The molecule has 0 aliphatic rings. The fourth-order valence-corrected chi connectivity index (χ4v) is 0.230. The maximum atomic E-state index is 5.16. The number of nitrogens with zero attached hydrogens (tertiary/aromatic N) is 2. The summed E-state index contributed by atoms with van der Waals surface area (Å²) in [6.45, 7) is 0. The molecule has 0 unspecified atom stereocenters. The highest BCUT2D eigenvalue weighted by atomic mass is 35.5. The van der Waals surface area contributed by atoms with Crippen molar-refractivity contribution in [2.24, 2.45) is 0 Å². The van der Waals surface area contributed by atoms with E-state index in [2.05, 4.69) is 14.9 Å². The minimum atomic E-state index is 0.218. The van der Waals surface area contributed by atoms with Gasteiger partial charge in [0.05, 0.1) is 0 Å². The van der Waals surface area contributed by atoms with Gasteiger partial charge >= 0.3 is 0 Å². The molecule has 0 fully saturated rings. The lowest BCUT2D eigenvalue weighted by Gasteiger charge is -1.58. The van der Waals surface area contributed by atoms with E-state index in [0.717, 1.165) is 0 Å². The van der Waals surface area contributed by atoms with Gasteiger partial charge in [-0.2, -0.15) is 0 Å². The number of halogens is 1. The molecule has 0 bridgehead atoms. The molecule has 0 aromatic carbocycles. The molecule has 6 heavy (non-hydrogen) atoms. The smallest absolute Gasteiger partial charge is 0.246 e. The van der Waals surface area contributed by atoms with E-state index in [1.807, 2.05) is 0 Å². The van der Waals surface area contributed by atoms with E-state index < -0.39 is 0 Å². The van der Waals surface area contributed by atoms with Crippen molar-refractivity contribution in [1.29, 1.82) is 0 Å². The van der Waals surface area contributed by atoms with Crippen molar-refractivity contribution in [2.45, 2.75) is 0 Å². The van der Waals surface area contributed by atoms with E-state index in [0.29, 0.717) is 0 Å². The minimum absolute atomic E-state index is 0.218. The summed E-state index contributed by atoms with van der Waals surface area (Å²) in [7, 11) is 0. The van der Waals surface area contributed by atoms with Gasteiger partial charge < -0.3 is 4.52 Å². The second kappa shape index (κ2) is 1.26. The molecular formula is C2HClN2O. The third-order valence-electron chi connectivity index (χ3n) is 0.334. The molecule has 0 saturated heterocycles. The molecule has 0 atom stereocenters. The van der Waals surface area contributed by atoms with Gasteiger partial charge in [0.25, 0.3) is 0 Å². The van der Waals surface area contributed by atoms with Crippen LogP contribution in [-0.2, 0) is 0 Å². The van der Waals surface area contributed by atoms with E-state index in [9.17, 15) is 0 Å². The highest BCUT2D eigenvalue weighted by Crippen LogP contribution is 1.99. The van der Waals surface area contributed by atoms with Gasteiger partial charge in [0.1, 0.15) is 6.20 Å². The number of aromatic nitrogens is 2. The predicted molar refractivity (Wildman–Crippen MR) is 19.3 cm³/mol. The Morgan fingerprint density at radius 1 is 1.83 bits per heavy atom. The summed E-state index contributed by atoms with van der Waals surface area (Å²) in [6.07, 6.45) is 1.32. The Morgan fingerprint density at radius 3 is 2.83 bits per heavy atom. The molecule has 1 aromatic rings. The number of hydrogen-bond donors (Lipinski definition) is 0. The first-order valence-electron chi connectivity index (χ1n) is 1.32. The summed E-state index contributed by atoms with van der Waals surface area (Å²) in [5.41, 5.74) is 0. The Morgan fingerprint density at radius 2 is 2.67 bits per heavy atom. The molecule has 0 N–H and O–H groups in total. The number of rotatable bonds is 0. The number of hydrogen-bond acceptors (Lipinski definition) is 3. The van der Waals surface area contributed by atoms with Gasteiger partial charge in [0.2, 0.25) is 5.22 Å². The van der Waals surface area contributed by atoms with Crippen molar-refractivity contribution in [1.82, 2.24) is 10.4 Å². The summed E-state index contributed by atoms with van der Waals surface area (Å²) < 4.78 is 4.24. The van der Waals surface area contributed by atoms with Crippen LogP contribution in [0.2, 0.25) is 5.22 Å². The van der Waals surface area contributed by atoms with Crippen LogP contribution in [0.3, 0.4) is 0 Å². The SMILES string of the molecule is Clc1cnno1. The molecule has 4 heteroatoms. The van der Waals surface area contributed by atoms with Crippen LogP contribution in [0, 0.1) is 0 Å². The molecule has 1 aromatic heterocycles. The molecule has 0 amide bonds. The van der Waals surface area contributed by atoms with E-state index in [-0.39, 0.29) is 5.22 Å². The molecule has 0 aliphatic carbocycles. The standard InChI is InChI=1S/C2HClN2O/c3-2-1-4-5-6-2/h1H. The Hall–Kier alpha value is -0.570. The van der Waals surface area contributed by atoms with Crippen molar-refractivity contribution in [3.63, 3.8) is 0 Å². The van der Waals surface area contributed by atoms with E-state index in [4.69, 9.17) is 11.6 Å². The summed E-state index contributed by atoms with van der Waals surface area (Å²) in [5, 5.41) is 6.56. The van der Waals surface area contributed by atoms with Crippen LogP contribution < -0.4 is 0 Å². The van der Waals surface area contributed by atoms with E-state index in [1.165, 1.54) is 6.20 Å². The van der Waals surface area contributed by atoms with Crippen LogP contribution >= 0.6 is 11.6 Å². The van der Waals surface area contributed by atoms with Crippen molar-refractivity contribution in [3.8, 4) is 0 Å². The van der Waals surface area contributed by atoms with Gasteiger partial charge in [-0.3, -0.25) is 0 Å². The van der Waals surface area contributed by atoms with Crippen LogP contribution in [0.5, 0.6) is 0 Å². The first-order valence-corrected chi connectivity index (χ1v) is 1.70. The maximum Gasteiger partial charge on any atom is 0.246 e. The lowest BCUT2D eigenvalue weighted by Crippen LogP contribution is -1.53. The van der Waals surface area contributed by atoms with Crippen LogP contribution in [-0.4, -0.2) is 10.4 Å². The second-order valence-corrected chi connectivity index (χ2v) is 1.09. The van der Waals surface area contributed by atoms with Gasteiger partial charge in [-0.15, -0.1) is 5.10 Å². The Labute approximate surface area is 38.9 Å². The topological polar surface area (TPSA) is 38.9 Å². The van der Waals surface area contributed by atoms with Crippen LogP contribution in [0.1, 0.15) is 0 Å². The summed E-state index contributed by atoms with van der Waals surface area (Å²) in [6, 6.07) is 0. The fourth-order valence-electron chi connectivity index (χ4n) is 0.155. The summed E-state index contributed by atoms with van der Waals surface area (Å²) >= 11 is 5.16. The molecule has 1 heterocycles. The monoisotopic (exact) mass is 104 g/mol. The molecule has 1 rings (SSSR count). The zero-order valence-electron chi connectivity index (χ0n) is 2.76. The van der Waals surface area contributed by atoms with Crippen molar-refractivity contribution >= 4 is 11.6 Å². The average Bonchev–Trinajstić information content (AvgIpc) is 1.86. The Kier molecular flexibility index (Phi) is 0.759. The molecule has 0 radical (unpaired) electrons. The van der Waals surface area contributed by atoms with Gasteiger partial charge in [0.15, 0.2) is 0 Å². The largest absolute Gasteiger partial charge is 0.325 e. The summed E-state index contributed by atoms with van der Waals surface area (Å²) in [5.74, 6) is 0.